The number of hydrogen-bond acceptors (Lipinski definition) is 3. The molecule has 1 N–H and O–H groups in total. The van der Waals surface area contributed by atoms with Gasteiger partial charge in [0.15, 0.2) is 0 Å². The Hall–Kier alpha value is -1.94. The summed E-state index contributed by atoms with van der Waals surface area (Å²) in [5.74, 6) is 0.0816. The summed E-state index contributed by atoms with van der Waals surface area (Å²) in [5, 5.41) is 4.28. The summed E-state index contributed by atoms with van der Waals surface area (Å²) in [5.41, 5.74) is 3.19. The van der Waals surface area contributed by atoms with Crippen molar-refractivity contribution in [3.63, 3.8) is 0 Å². The molecule has 0 saturated carbocycles. The monoisotopic (exact) mass is 257 g/mol. The second-order valence-corrected chi connectivity index (χ2v) is 4.87. The van der Waals surface area contributed by atoms with Gasteiger partial charge in [0, 0.05) is 31.7 Å². The van der Waals surface area contributed by atoms with Crippen molar-refractivity contribution in [3.05, 3.63) is 41.6 Å². The minimum absolute atomic E-state index is 0.0816. The molecule has 1 heterocycles. The summed E-state index contributed by atoms with van der Waals surface area (Å²) in [6, 6.07) is 10.3. The SMILES string of the molecule is Cc1ccc2cc(CNCC(=O)N(C)C)ccc2n1. The summed E-state index contributed by atoms with van der Waals surface area (Å²) < 4.78 is 0. The van der Waals surface area contributed by atoms with Crippen LogP contribution in [0.15, 0.2) is 30.3 Å². The molecule has 2 aromatic rings. The van der Waals surface area contributed by atoms with E-state index in [0.717, 1.165) is 22.2 Å². The third kappa shape index (κ3) is 3.51. The van der Waals surface area contributed by atoms with Crippen molar-refractivity contribution < 1.29 is 4.79 Å². The van der Waals surface area contributed by atoms with Gasteiger partial charge in [-0.1, -0.05) is 12.1 Å². The lowest BCUT2D eigenvalue weighted by atomic mass is 10.1. The van der Waals surface area contributed by atoms with E-state index in [1.54, 1.807) is 19.0 Å². The van der Waals surface area contributed by atoms with E-state index in [2.05, 4.69) is 22.4 Å². The van der Waals surface area contributed by atoms with Crippen LogP contribution in [0.3, 0.4) is 0 Å². The number of rotatable bonds is 4. The molecule has 0 atom stereocenters. The molecule has 0 fully saturated rings. The predicted octanol–water partition coefficient (Wildman–Crippen LogP) is 1.72. The number of fused-ring (bicyclic) bond motifs is 1. The lowest BCUT2D eigenvalue weighted by Gasteiger charge is -2.11. The molecule has 0 saturated heterocycles. The van der Waals surface area contributed by atoms with Crippen LogP contribution in [0.5, 0.6) is 0 Å². The number of hydrogen-bond donors (Lipinski definition) is 1. The first-order chi connectivity index (χ1) is 9.06. The highest BCUT2D eigenvalue weighted by atomic mass is 16.2. The fraction of sp³-hybridized carbons (Fsp3) is 0.333. The number of nitrogens with zero attached hydrogens (tertiary/aromatic N) is 2. The summed E-state index contributed by atoms with van der Waals surface area (Å²) >= 11 is 0. The van der Waals surface area contributed by atoms with Crippen LogP contribution in [0.4, 0.5) is 0 Å². The molecule has 0 spiro atoms. The van der Waals surface area contributed by atoms with Crippen LogP contribution in [0.25, 0.3) is 10.9 Å². The number of aryl methyl sites for hydroxylation is 1. The number of amides is 1. The number of benzene rings is 1. The van der Waals surface area contributed by atoms with Crippen molar-refractivity contribution in [3.8, 4) is 0 Å². The molecule has 1 aromatic carbocycles. The molecule has 1 amide bonds. The molecule has 0 bridgehead atoms. The fourth-order valence-electron chi connectivity index (χ4n) is 1.86. The van der Waals surface area contributed by atoms with Gasteiger partial charge in [0.25, 0.3) is 0 Å². The Balaban J connectivity index is 2.02. The maximum absolute atomic E-state index is 11.4. The fourth-order valence-corrected chi connectivity index (χ4v) is 1.86. The highest BCUT2D eigenvalue weighted by Crippen LogP contribution is 2.14. The van der Waals surface area contributed by atoms with Crippen LogP contribution < -0.4 is 5.32 Å². The van der Waals surface area contributed by atoms with Crippen molar-refractivity contribution in [2.24, 2.45) is 0 Å². The van der Waals surface area contributed by atoms with Crippen LogP contribution in [0.1, 0.15) is 11.3 Å². The number of likely N-dealkylation sites (N-methyl/N-ethyl adjacent to an activating group) is 1. The zero-order chi connectivity index (χ0) is 13.8. The van der Waals surface area contributed by atoms with E-state index in [1.807, 2.05) is 25.1 Å². The molecule has 0 aliphatic rings. The van der Waals surface area contributed by atoms with E-state index in [9.17, 15) is 4.79 Å². The predicted molar refractivity (Wildman–Crippen MR) is 76.9 cm³/mol. The van der Waals surface area contributed by atoms with E-state index in [-0.39, 0.29) is 5.91 Å². The van der Waals surface area contributed by atoms with Gasteiger partial charge in [-0.2, -0.15) is 0 Å². The molecule has 0 unspecified atom stereocenters. The summed E-state index contributed by atoms with van der Waals surface area (Å²) in [4.78, 5) is 17.5. The summed E-state index contributed by atoms with van der Waals surface area (Å²) in [6.45, 7) is 3.03. The van der Waals surface area contributed by atoms with Crippen LogP contribution in [-0.4, -0.2) is 36.4 Å². The van der Waals surface area contributed by atoms with Gasteiger partial charge in [-0.3, -0.25) is 9.78 Å². The van der Waals surface area contributed by atoms with Crippen LogP contribution in [0.2, 0.25) is 0 Å². The topological polar surface area (TPSA) is 45.2 Å². The molecule has 0 aliphatic carbocycles. The molecule has 2 rings (SSSR count). The molecule has 0 radical (unpaired) electrons. The summed E-state index contributed by atoms with van der Waals surface area (Å²) in [7, 11) is 3.52. The van der Waals surface area contributed by atoms with Gasteiger partial charge in [0.1, 0.15) is 0 Å². The highest BCUT2D eigenvalue weighted by molar-refractivity contribution is 5.79. The Morgan fingerprint density at radius 2 is 2.05 bits per heavy atom. The number of aromatic nitrogens is 1. The quantitative estimate of drug-likeness (QED) is 0.907. The minimum atomic E-state index is 0.0816. The van der Waals surface area contributed by atoms with Crippen LogP contribution in [-0.2, 0) is 11.3 Å². The maximum atomic E-state index is 11.4. The number of nitrogens with one attached hydrogen (secondary N) is 1. The van der Waals surface area contributed by atoms with Gasteiger partial charge in [-0.05, 0) is 30.7 Å². The molecule has 0 aliphatic heterocycles. The number of carbonyl (C=O) groups is 1. The first-order valence-corrected chi connectivity index (χ1v) is 6.33. The van der Waals surface area contributed by atoms with Crippen molar-refractivity contribution in [1.82, 2.24) is 15.2 Å². The maximum Gasteiger partial charge on any atom is 0.236 e. The third-order valence-electron chi connectivity index (χ3n) is 3.00. The largest absolute Gasteiger partial charge is 0.348 e. The normalized spacial score (nSPS) is 10.7. The third-order valence-corrected chi connectivity index (χ3v) is 3.00. The average Bonchev–Trinajstić information content (AvgIpc) is 2.38. The second-order valence-electron chi connectivity index (χ2n) is 4.87. The zero-order valence-corrected chi connectivity index (χ0v) is 11.6. The van der Waals surface area contributed by atoms with Gasteiger partial charge in [-0.25, -0.2) is 0 Å². The zero-order valence-electron chi connectivity index (χ0n) is 11.6. The molecular formula is C15H19N3O. The van der Waals surface area contributed by atoms with Gasteiger partial charge in [0.05, 0.1) is 12.1 Å². The number of pyridine rings is 1. The van der Waals surface area contributed by atoms with Crippen LogP contribution >= 0.6 is 0 Å². The van der Waals surface area contributed by atoms with Crippen molar-refractivity contribution >= 4 is 16.8 Å². The standard InChI is InChI=1S/C15H19N3O/c1-11-4-6-13-8-12(5-7-14(13)17-11)9-16-10-15(19)18(2)3/h4-8,16H,9-10H2,1-3H3. The van der Waals surface area contributed by atoms with Crippen molar-refractivity contribution in [2.75, 3.05) is 20.6 Å². The van der Waals surface area contributed by atoms with Gasteiger partial charge in [-0.15, -0.1) is 0 Å². The lowest BCUT2D eigenvalue weighted by molar-refractivity contribution is -0.127. The second kappa shape index (κ2) is 5.80. The Labute approximate surface area is 113 Å². The molecular weight excluding hydrogens is 238 g/mol. The first-order valence-electron chi connectivity index (χ1n) is 6.33. The number of carbonyl (C=O) groups excluding carboxylic acids is 1. The lowest BCUT2D eigenvalue weighted by Crippen LogP contribution is -2.32. The smallest absolute Gasteiger partial charge is 0.236 e. The average molecular weight is 257 g/mol. The molecule has 100 valence electrons. The van der Waals surface area contributed by atoms with Gasteiger partial charge < -0.3 is 10.2 Å². The van der Waals surface area contributed by atoms with Gasteiger partial charge in [0.2, 0.25) is 5.91 Å². The summed E-state index contributed by atoms with van der Waals surface area (Å²) in [6.07, 6.45) is 0. The Kier molecular flexibility index (Phi) is 4.12. The van der Waals surface area contributed by atoms with Crippen LogP contribution in [0, 0.1) is 6.92 Å². The van der Waals surface area contributed by atoms with E-state index in [0.29, 0.717) is 13.1 Å². The van der Waals surface area contributed by atoms with E-state index in [1.165, 1.54) is 0 Å². The van der Waals surface area contributed by atoms with E-state index in [4.69, 9.17) is 0 Å². The Morgan fingerprint density at radius 3 is 2.79 bits per heavy atom. The van der Waals surface area contributed by atoms with E-state index < -0.39 is 0 Å². The highest BCUT2D eigenvalue weighted by Gasteiger charge is 2.03. The van der Waals surface area contributed by atoms with Crippen molar-refractivity contribution in [1.29, 1.82) is 0 Å². The molecule has 1 aromatic heterocycles. The molecule has 4 nitrogen and oxygen atoms in total. The minimum Gasteiger partial charge on any atom is -0.348 e. The Bertz CT molecular complexity index is 593. The molecule has 4 heteroatoms. The van der Waals surface area contributed by atoms with E-state index >= 15 is 0 Å². The van der Waals surface area contributed by atoms with Crippen molar-refractivity contribution in [2.45, 2.75) is 13.5 Å². The van der Waals surface area contributed by atoms with Gasteiger partial charge >= 0.3 is 0 Å². The first kappa shape index (κ1) is 13.5. The molecule has 19 heavy (non-hydrogen) atoms. The Morgan fingerprint density at radius 1 is 1.26 bits per heavy atom.